The average Bonchev–Trinajstić information content (AvgIpc) is 2.62. The van der Waals surface area contributed by atoms with Crippen molar-refractivity contribution in [1.82, 2.24) is 10.6 Å². The molecule has 1 saturated carbocycles. The first-order valence-electron chi connectivity index (χ1n) is 6.86. The number of nitrogens with one attached hydrogen (secondary N) is 2. The molecule has 3 N–H and O–H groups in total. The highest BCUT2D eigenvalue weighted by atomic mass is 16.4. The summed E-state index contributed by atoms with van der Waals surface area (Å²) in [6.45, 7) is -0.400. The predicted octanol–water partition coefficient (Wildman–Crippen LogP) is 0.806. The smallest absolute Gasteiger partial charge is 0.322 e. The van der Waals surface area contributed by atoms with Crippen molar-refractivity contribution >= 4 is 17.8 Å². The molecule has 0 heterocycles. The van der Waals surface area contributed by atoms with Crippen molar-refractivity contribution in [2.24, 2.45) is 0 Å². The Bertz CT molecular complexity index is 323. The molecule has 108 valence electrons. The Kier molecular flexibility index (Phi) is 6.92. The molecule has 0 unspecified atom stereocenters. The highest BCUT2D eigenvalue weighted by molar-refractivity contribution is 5.85. The maximum Gasteiger partial charge on any atom is 0.322 e. The van der Waals surface area contributed by atoms with Gasteiger partial charge in [0.2, 0.25) is 11.8 Å². The maximum atomic E-state index is 11.7. The Morgan fingerprint density at radius 3 is 2.11 bits per heavy atom. The van der Waals surface area contributed by atoms with E-state index in [1.807, 2.05) is 0 Å². The molecule has 1 fully saturated rings. The quantitative estimate of drug-likeness (QED) is 0.622. The molecule has 1 aliphatic carbocycles. The molecule has 6 nitrogen and oxygen atoms in total. The van der Waals surface area contributed by atoms with Gasteiger partial charge in [-0.1, -0.05) is 25.7 Å². The molecule has 0 aliphatic heterocycles. The summed E-state index contributed by atoms with van der Waals surface area (Å²) < 4.78 is 0. The summed E-state index contributed by atoms with van der Waals surface area (Å²) in [4.78, 5) is 33.1. The van der Waals surface area contributed by atoms with E-state index in [1.54, 1.807) is 0 Å². The van der Waals surface area contributed by atoms with Crippen molar-refractivity contribution in [3.8, 4) is 0 Å². The zero-order valence-electron chi connectivity index (χ0n) is 11.1. The topological polar surface area (TPSA) is 95.5 Å². The molecule has 0 saturated heterocycles. The Morgan fingerprint density at radius 2 is 1.53 bits per heavy atom. The third-order valence-corrected chi connectivity index (χ3v) is 3.24. The lowest BCUT2D eigenvalue weighted by atomic mass is 10.1. The molecule has 6 heteroatoms. The summed E-state index contributed by atoms with van der Waals surface area (Å²) >= 11 is 0. The molecule has 0 radical (unpaired) electrons. The van der Waals surface area contributed by atoms with Crippen LogP contribution >= 0.6 is 0 Å². The van der Waals surface area contributed by atoms with Crippen molar-refractivity contribution in [2.45, 2.75) is 57.4 Å². The molecule has 0 aromatic carbocycles. The van der Waals surface area contributed by atoms with Gasteiger partial charge in [-0.25, -0.2) is 0 Å². The third-order valence-electron chi connectivity index (χ3n) is 3.24. The van der Waals surface area contributed by atoms with Gasteiger partial charge in [0.1, 0.15) is 6.54 Å². The maximum absolute atomic E-state index is 11.7. The highest BCUT2D eigenvalue weighted by Crippen LogP contribution is 2.17. The van der Waals surface area contributed by atoms with E-state index in [0.717, 1.165) is 25.7 Å². The van der Waals surface area contributed by atoms with Crippen LogP contribution in [0.1, 0.15) is 51.4 Å². The third kappa shape index (κ3) is 7.43. The average molecular weight is 270 g/mol. The second-order valence-electron chi connectivity index (χ2n) is 4.93. The Balaban J connectivity index is 2.16. The fraction of sp³-hybridized carbons (Fsp3) is 0.769. The lowest BCUT2D eigenvalue weighted by Gasteiger charge is -2.15. The first kappa shape index (κ1) is 15.5. The first-order chi connectivity index (χ1) is 9.08. The number of carboxylic acids is 1. The molecule has 2 amide bonds. The van der Waals surface area contributed by atoms with Crippen LogP contribution in [0, 0.1) is 0 Å². The van der Waals surface area contributed by atoms with Gasteiger partial charge in [0.15, 0.2) is 0 Å². The second-order valence-corrected chi connectivity index (χ2v) is 4.93. The van der Waals surface area contributed by atoms with E-state index in [-0.39, 0.29) is 24.8 Å². The molecule has 0 spiro atoms. The second kappa shape index (κ2) is 8.50. The van der Waals surface area contributed by atoms with Crippen LogP contribution in [-0.4, -0.2) is 35.5 Å². The first-order valence-corrected chi connectivity index (χ1v) is 6.86. The van der Waals surface area contributed by atoms with Crippen LogP contribution in [0.5, 0.6) is 0 Å². The van der Waals surface area contributed by atoms with Crippen LogP contribution < -0.4 is 10.6 Å². The van der Waals surface area contributed by atoms with Crippen LogP contribution in [0.2, 0.25) is 0 Å². The van der Waals surface area contributed by atoms with Gasteiger partial charge in [0, 0.05) is 18.9 Å². The summed E-state index contributed by atoms with van der Waals surface area (Å²) in [6, 6.07) is 0.233. The van der Waals surface area contributed by atoms with Crippen molar-refractivity contribution in [1.29, 1.82) is 0 Å². The molecular formula is C13H22N2O4. The number of amides is 2. The lowest BCUT2D eigenvalue weighted by molar-refractivity contribution is -0.138. The molecular weight excluding hydrogens is 248 g/mol. The van der Waals surface area contributed by atoms with Gasteiger partial charge < -0.3 is 15.7 Å². The molecule has 19 heavy (non-hydrogen) atoms. The van der Waals surface area contributed by atoms with Crippen LogP contribution in [0.3, 0.4) is 0 Å². The van der Waals surface area contributed by atoms with E-state index in [1.165, 1.54) is 12.8 Å². The Morgan fingerprint density at radius 1 is 0.947 bits per heavy atom. The molecule has 0 aromatic rings. The fourth-order valence-corrected chi connectivity index (χ4v) is 2.21. The predicted molar refractivity (Wildman–Crippen MR) is 69.5 cm³/mol. The summed E-state index contributed by atoms with van der Waals surface area (Å²) in [5, 5.41) is 13.6. The molecule has 0 bridgehead atoms. The largest absolute Gasteiger partial charge is 0.480 e. The normalized spacial score (nSPS) is 16.4. The standard InChI is InChI=1S/C13H22N2O4/c16-11(14-9-13(18)19)7-8-12(17)15-10-5-3-1-2-4-6-10/h10H,1-9H2,(H,14,16)(H,15,17)(H,18,19). The fourth-order valence-electron chi connectivity index (χ4n) is 2.21. The summed E-state index contributed by atoms with van der Waals surface area (Å²) in [6.07, 6.45) is 6.91. The molecule has 1 rings (SSSR count). The van der Waals surface area contributed by atoms with E-state index in [2.05, 4.69) is 10.6 Å². The van der Waals surface area contributed by atoms with Gasteiger partial charge in [-0.05, 0) is 12.8 Å². The number of carbonyl (C=O) groups is 3. The monoisotopic (exact) mass is 270 g/mol. The van der Waals surface area contributed by atoms with Crippen molar-refractivity contribution in [2.75, 3.05) is 6.54 Å². The van der Waals surface area contributed by atoms with Crippen molar-refractivity contribution < 1.29 is 19.5 Å². The minimum Gasteiger partial charge on any atom is -0.480 e. The van der Waals surface area contributed by atoms with Gasteiger partial charge >= 0.3 is 5.97 Å². The zero-order valence-corrected chi connectivity index (χ0v) is 11.1. The number of hydrogen-bond donors (Lipinski definition) is 3. The van der Waals surface area contributed by atoms with E-state index >= 15 is 0 Å². The molecule has 1 aliphatic rings. The van der Waals surface area contributed by atoms with Crippen LogP contribution in [-0.2, 0) is 14.4 Å². The zero-order chi connectivity index (χ0) is 14.1. The number of carboxylic acid groups (broad SMARTS) is 1. The number of carbonyl (C=O) groups excluding carboxylic acids is 2. The van der Waals surface area contributed by atoms with Crippen LogP contribution in [0.15, 0.2) is 0 Å². The minimum atomic E-state index is -1.09. The van der Waals surface area contributed by atoms with Crippen LogP contribution in [0.4, 0.5) is 0 Å². The van der Waals surface area contributed by atoms with E-state index in [0.29, 0.717) is 0 Å². The van der Waals surface area contributed by atoms with Crippen molar-refractivity contribution in [3.05, 3.63) is 0 Å². The molecule has 0 aromatic heterocycles. The Hall–Kier alpha value is -1.59. The van der Waals surface area contributed by atoms with E-state index in [4.69, 9.17) is 5.11 Å². The van der Waals surface area contributed by atoms with Gasteiger partial charge in [-0.3, -0.25) is 14.4 Å². The highest BCUT2D eigenvalue weighted by Gasteiger charge is 2.15. The van der Waals surface area contributed by atoms with Crippen LogP contribution in [0.25, 0.3) is 0 Å². The van der Waals surface area contributed by atoms with Gasteiger partial charge in [0.05, 0.1) is 0 Å². The number of rotatable bonds is 6. The summed E-state index contributed by atoms with van der Waals surface area (Å²) in [5.74, 6) is -1.62. The van der Waals surface area contributed by atoms with Gasteiger partial charge in [0.25, 0.3) is 0 Å². The van der Waals surface area contributed by atoms with E-state index in [9.17, 15) is 14.4 Å². The Labute approximate surface area is 112 Å². The number of hydrogen-bond acceptors (Lipinski definition) is 3. The van der Waals surface area contributed by atoms with Gasteiger partial charge in [-0.15, -0.1) is 0 Å². The molecule has 0 atom stereocenters. The minimum absolute atomic E-state index is 0.0336. The summed E-state index contributed by atoms with van der Waals surface area (Å²) in [5.41, 5.74) is 0. The van der Waals surface area contributed by atoms with Crippen molar-refractivity contribution in [3.63, 3.8) is 0 Å². The lowest BCUT2D eigenvalue weighted by Crippen LogP contribution is -2.35. The van der Waals surface area contributed by atoms with E-state index < -0.39 is 18.4 Å². The van der Waals surface area contributed by atoms with Gasteiger partial charge in [-0.2, -0.15) is 0 Å². The number of aliphatic carboxylic acids is 1. The SMILES string of the molecule is O=C(O)CNC(=O)CCC(=O)NC1CCCCCC1. The summed E-state index contributed by atoms with van der Waals surface area (Å²) in [7, 11) is 0.